The average molecular weight is 319 g/mol. The molecule has 23 heavy (non-hydrogen) atoms. The van der Waals surface area contributed by atoms with Gasteiger partial charge in [0.1, 0.15) is 0 Å². The van der Waals surface area contributed by atoms with E-state index in [1.807, 2.05) is 0 Å². The van der Waals surface area contributed by atoms with Crippen LogP contribution < -0.4 is 0 Å². The van der Waals surface area contributed by atoms with Gasteiger partial charge in [0, 0.05) is 6.42 Å². The van der Waals surface area contributed by atoms with Crippen molar-refractivity contribution in [2.75, 3.05) is 0 Å². The lowest BCUT2D eigenvalue weighted by Crippen LogP contribution is -2.01. The van der Waals surface area contributed by atoms with Gasteiger partial charge in [-0.1, -0.05) is 88.6 Å². The normalized spacial score (nSPS) is 12.2. The molecule has 0 radical (unpaired) electrons. The number of carbonyl (C=O) groups is 1. The van der Waals surface area contributed by atoms with Crippen molar-refractivity contribution in [3.63, 3.8) is 0 Å². The van der Waals surface area contributed by atoms with Gasteiger partial charge in [-0.25, -0.2) is 0 Å². The van der Waals surface area contributed by atoms with Gasteiger partial charge in [0.05, 0.1) is 0 Å². The number of hydrogen-bond acceptors (Lipinski definition) is 1. The van der Waals surface area contributed by atoms with Crippen molar-refractivity contribution >= 4 is 5.97 Å². The Morgan fingerprint density at radius 1 is 0.870 bits per heavy atom. The Labute approximate surface area is 142 Å². The zero-order chi connectivity index (χ0) is 16.8. The van der Waals surface area contributed by atoms with Crippen LogP contribution in [0.5, 0.6) is 0 Å². The van der Waals surface area contributed by atoms with E-state index < -0.39 is 5.97 Å². The van der Waals surface area contributed by atoms with Crippen LogP contribution >= 0.6 is 0 Å². The molecular weight excluding hydrogens is 284 g/mol. The molecule has 0 aliphatic carbocycles. The largest absolute Gasteiger partial charge is 0.481 e. The second-order valence-electron chi connectivity index (χ2n) is 6.66. The third-order valence-electron chi connectivity index (χ3n) is 4.62. The lowest BCUT2D eigenvalue weighted by molar-refractivity contribution is -0.137. The number of hydrogen-bond donors (Lipinski definition) is 1. The fraction of sp³-hybridized carbons (Fsp3) is 0.667. The third kappa shape index (κ3) is 10.1. The molecule has 1 rings (SSSR count). The minimum atomic E-state index is -0.673. The second-order valence-corrected chi connectivity index (χ2v) is 6.66. The summed E-state index contributed by atoms with van der Waals surface area (Å²) in [6.45, 7) is 2.26. The summed E-state index contributed by atoms with van der Waals surface area (Å²) in [7, 11) is 0. The highest BCUT2D eigenvalue weighted by molar-refractivity contribution is 5.66. The van der Waals surface area contributed by atoms with Gasteiger partial charge in [-0.3, -0.25) is 4.79 Å². The van der Waals surface area contributed by atoms with Crippen LogP contribution in [0.4, 0.5) is 0 Å². The number of unbranched alkanes of at least 4 members (excludes halogenated alkanes) is 7. The van der Waals surface area contributed by atoms with Crippen molar-refractivity contribution in [2.24, 2.45) is 0 Å². The molecule has 1 aromatic carbocycles. The summed E-state index contributed by atoms with van der Waals surface area (Å²) < 4.78 is 0. The van der Waals surface area contributed by atoms with Gasteiger partial charge in [0.15, 0.2) is 0 Å². The predicted octanol–water partition coefficient (Wildman–Crippen LogP) is 6.56. The van der Waals surface area contributed by atoms with E-state index in [-0.39, 0.29) is 0 Å². The first-order valence-electron chi connectivity index (χ1n) is 9.50. The molecule has 0 aliphatic heterocycles. The summed E-state index contributed by atoms with van der Waals surface area (Å²) in [6.07, 6.45) is 13.9. The molecule has 1 aromatic rings. The Morgan fingerprint density at radius 2 is 1.43 bits per heavy atom. The van der Waals surface area contributed by atoms with E-state index in [4.69, 9.17) is 5.11 Å². The molecule has 0 fully saturated rings. The summed E-state index contributed by atoms with van der Waals surface area (Å²) in [5.41, 5.74) is 1.42. The van der Waals surface area contributed by atoms with Gasteiger partial charge in [-0.15, -0.1) is 0 Å². The average Bonchev–Trinajstić information content (AvgIpc) is 2.56. The standard InChI is InChI=1S/C21H34O2/c1-2-3-4-5-6-7-9-14-20(17-12-13-18-21(22)23)19-15-10-8-11-16-19/h8,10-11,15-16,20H,2-7,9,12-14,17-18H2,1H3,(H,22,23). The van der Waals surface area contributed by atoms with E-state index in [2.05, 4.69) is 37.3 Å². The molecule has 0 bridgehead atoms. The molecule has 2 heteroatoms. The summed E-state index contributed by atoms with van der Waals surface area (Å²) >= 11 is 0. The number of carboxylic acids is 1. The van der Waals surface area contributed by atoms with Crippen LogP contribution in [0.1, 0.15) is 95.5 Å². The minimum Gasteiger partial charge on any atom is -0.481 e. The molecule has 0 saturated carbocycles. The number of benzene rings is 1. The van der Waals surface area contributed by atoms with Crippen LogP contribution in [0.2, 0.25) is 0 Å². The first kappa shape index (κ1) is 19.7. The molecule has 2 nitrogen and oxygen atoms in total. The maximum Gasteiger partial charge on any atom is 0.303 e. The summed E-state index contributed by atoms with van der Waals surface area (Å²) in [5.74, 6) is -0.0750. The SMILES string of the molecule is CCCCCCCCCC(CCCCC(=O)O)c1ccccc1. The number of aliphatic carboxylic acids is 1. The highest BCUT2D eigenvalue weighted by Crippen LogP contribution is 2.28. The predicted molar refractivity (Wildman–Crippen MR) is 97.9 cm³/mol. The molecule has 0 aromatic heterocycles. The zero-order valence-corrected chi connectivity index (χ0v) is 14.8. The topological polar surface area (TPSA) is 37.3 Å². The van der Waals surface area contributed by atoms with E-state index in [0.717, 1.165) is 19.3 Å². The van der Waals surface area contributed by atoms with Crippen molar-refractivity contribution in [3.05, 3.63) is 35.9 Å². The maximum absolute atomic E-state index is 10.6. The molecule has 130 valence electrons. The van der Waals surface area contributed by atoms with Crippen LogP contribution in [0.25, 0.3) is 0 Å². The molecule has 0 amide bonds. The maximum atomic E-state index is 10.6. The fourth-order valence-corrected chi connectivity index (χ4v) is 3.22. The molecule has 0 saturated heterocycles. The first-order chi connectivity index (χ1) is 11.2. The highest BCUT2D eigenvalue weighted by atomic mass is 16.4. The Bertz CT molecular complexity index is 400. The van der Waals surface area contributed by atoms with Crippen LogP contribution in [-0.4, -0.2) is 11.1 Å². The Balaban J connectivity index is 2.29. The Kier molecular flexibility index (Phi) is 11.3. The molecule has 0 aliphatic rings. The van der Waals surface area contributed by atoms with Crippen molar-refractivity contribution in [2.45, 2.75) is 89.9 Å². The van der Waals surface area contributed by atoms with Crippen LogP contribution in [-0.2, 0) is 4.79 Å². The highest BCUT2D eigenvalue weighted by Gasteiger charge is 2.11. The lowest BCUT2D eigenvalue weighted by Gasteiger charge is -2.17. The smallest absolute Gasteiger partial charge is 0.303 e. The number of carboxylic acid groups (broad SMARTS) is 1. The molecule has 0 heterocycles. The van der Waals surface area contributed by atoms with Crippen molar-refractivity contribution in [1.82, 2.24) is 0 Å². The molecule has 1 N–H and O–H groups in total. The van der Waals surface area contributed by atoms with Gasteiger partial charge >= 0.3 is 5.97 Å². The minimum absolute atomic E-state index is 0.305. The molecular formula is C21H34O2. The van der Waals surface area contributed by atoms with E-state index in [9.17, 15) is 4.79 Å². The van der Waals surface area contributed by atoms with E-state index >= 15 is 0 Å². The van der Waals surface area contributed by atoms with Gasteiger partial charge in [-0.2, -0.15) is 0 Å². The summed E-state index contributed by atoms with van der Waals surface area (Å²) in [4.78, 5) is 10.6. The van der Waals surface area contributed by atoms with E-state index in [1.54, 1.807) is 0 Å². The third-order valence-corrected chi connectivity index (χ3v) is 4.62. The van der Waals surface area contributed by atoms with Crippen LogP contribution in [0, 0.1) is 0 Å². The number of rotatable bonds is 14. The van der Waals surface area contributed by atoms with Crippen LogP contribution in [0.15, 0.2) is 30.3 Å². The first-order valence-corrected chi connectivity index (χ1v) is 9.50. The fourth-order valence-electron chi connectivity index (χ4n) is 3.22. The lowest BCUT2D eigenvalue weighted by atomic mass is 9.88. The summed E-state index contributed by atoms with van der Waals surface area (Å²) in [6, 6.07) is 10.7. The monoisotopic (exact) mass is 318 g/mol. The van der Waals surface area contributed by atoms with Gasteiger partial charge in [-0.05, 0) is 30.7 Å². The van der Waals surface area contributed by atoms with E-state index in [0.29, 0.717) is 12.3 Å². The van der Waals surface area contributed by atoms with Crippen molar-refractivity contribution in [3.8, 4) is 0 Å². The molecule has 1 atom stereocenters. The molecule has 1 unspecified atom stereocenters. The quantitative estimate of drug-likeness (QED) is 0.395. The van der Waals surface area contributed by atoms with Crippen molar-refractivity contribution in [1.29, 1.82) is 0 Å². The summed E-state index contributed by atoms with van der Waals surface area (Å²) in [5, 5.41) is 8.76. The second kappa shape index (κ2) is 13.2. The Morgan fingerprint density at radius 3 is 2.04 bits per heavy atom. The Hall–Kier alpha value is -1.31. The molecule has 0 spiro atoms. The van der Waals surface area contributed by atoms with Crippen molar-refractivity contribution < 1.29 is 9.90 Å². The van der Waals surface area contributed by atoms with E-state index in [1.165, 1.54) is 56.9 Å². The van der Waals surface area contributed by atoms with Gasteiger partial charge in [0.2, 0.25) is 0 Å². The zero-order valence-electron chi connectivity index (χ0n) is 14.8. The van der Waals surface area contributed by atoms with Crippen LogP contribution in [0.3, 0.4) is 0 Å². The van der Waals surface area contributed by atoms with Gasteiger partial charge < -0.3 is 5.11 Å². The van der Waals surface area contributed by atoms with Gasteiger partial charge in [0.25, 0.3) is 0 Å².